The minimum atomic E-state index is -0.974. The maximum absolute atomic E-state index is 10.8. The highest BCUT2D eigenvalue weighted by Crippen LogP contribution is 2.29. The van der Waals surface area contributed by atoms with Crippen molar-refractivity contribution in [2.24, 2.45) is 17.3 Å². The van der Waals surface area contributed by atoms with E-state index in [0.717, 1.165) is 0 Å². The van der Waals surface area contributed by atoms with Crippen LogP contribution in [0.3, 0.4) is 0 Å². The van der Waals surface area contributed by atoms with Gasteiger partial charge < -0.3 is 19.7 Å². The second kappa shape index (κ2) is 11.4. The molecule has 0 rings (SSSR count). The van der Waals surface area contributed by atoms with Crippen LogP contribution in [0.2, 0.25) is 0 Å². The molecule has 0 amide bonds. The summed E-state index contributed by atoms with van der Waals surface area (Å²) in [7, 11) is 2.65. The molecule has 2 atom stereocenters. The Morgan fingerprint density at radius 1 is 1.00 bits per heavy atom. The lowest BCUT2D eigenvalue weighted by molar-refractivity contribution is -0.151. The normalized spacial score (nSPS) is 12.9. The summed E-state index contributed by atoms with van der Waals surface area (Å²) < 4.78 is 8.91. The maximum Gasteiger partial charge on any atom is 0.309 e. The molecule has 8 nitrogen and oxygen atoms in total. The fourth-order valence-corrected chi connectivity index (χ4v) is 1.48. The molecule has 0 aromatic carbocycles. The van der Waals surface area contributed by atoms with Gasteiger partial charge in [0.25, 0.3) is 0 Å². The van der Waals surface area contributed by atoms with E-state index in [1.54, 1.807) is 13.8 Å². The molecule has 0 aliphatic rings. The van der Waals surface area contributed by atoms with Crippen molar-refractivity contribution in [1.29, 1.82) is 0 Å². The van der Waals surface area contributed by atoms with Crippen molar-refractivity contribution < 1.29 is 38.9 Å². The molecule has 140 valence electrons. The smallest absolute Gasteiger partial charge is 0.309 e. The Labute approximate surface area is 142 Å². The van der Waals surface area contributed by atoms with Gasteiger partial charge in [-0.2, -0.15) is 0 Å². The Bertz CT molecular complexity index is 441. The summed E-state index contributed by atoms with van der Waals surface area (Å²) in [6.07, 6.45) is 0.616. The highest BCUT2D eigenvalue weighted by molar-refractivity contribution is 5.76. The number of rotatable bonds is 8. The molecular weight excluding hydrogens is 320 g/mol. The molecule has 0 saturated heterocycles. The van der Waals surface area contributed by atoms with E-state index in [-0.39, 0.29) is 36.6 Å². The molecule has 0 aromatic rings. The number of aliphatic carboxylic acids is 2. The highest BCUT2D eigenvalue weighted by Gasteiger charge is 2.34. The van der Waals surface area contributed by atoms with Gasteiger partial charge in [-0.3, -0.25) is 19.2 Å². The summed E-state index contributed by atoms with van der Waals surface area (Å²) in [5.74, 6) is -3.13. The van der Waals surface area contributed by atoms with Crippen LogP contribution < -0.4 is 0 Å². The Balaban J connectivity index is 0. The standard InChI is InChI=1S/2C8H14O4/c1-6(8(10)12-3)4-5-7(9)11-2;1-5(4-6(9)10)8(2,3)7(11)12/h6H,4-5H2,1-3H3;5H,4H2,1-3H3,(H,9,10)(H,11,12). The van der Waals surface area contributed by atoms with E-state index in [1.165, 1.54) is 28.1 Å². The van der Waals surface area contributed by atoms with E-state index < -0.39 is 17.4 Å². The van der Waals surface area contributed by atoms with Crippen LogP contribution in [0.15, 0.2) is 0 Å². The zero-order valence-corrected chi connectivity index (χ0v) is 15.1. The van der Waals surface area contributed by atoms with E-state index in [2.05, 4.69) is 9.47 Å². The van der Waals surface area contributed by atoms with Gasteiger partial charge in [-0.15, -0.1) is 0 Å². The van der Waals surface area contributed by atoms with E-state index in [0.29, 0.717) is 6.42 Å². The second-order valence-electron chi connectivity index (χ2n) is 6.06. The van der Waals surface area contributed by atoms with Crippen LogP contribution in [0.5, 0.6) is 0 Å². The van der Waals surface area contributed by atoms with E-state index in [4.69, 9.17) is 10.2 Å². The molecule has 0 spiro atoms. The van der Waals surface area contributed by atoms with Crippen molar-refractivity contribution in [2.45, 2.75) is 47.0 Å². The van der Waals surface area contributed by atoms with E-state index in [1.807, 2.05) is 0 Å². The number of carbonyl (C=O) groups excluding carboxylic acids is 2. The fourth-order valence-electron chi connectivity index (χ4n) is 1.48. The Morgan fingerprint density at radius 3 is 1.83 bits per heavy atom. The number of hydrogen-bond donors (Lipinski definition) is 2. The number of ether oxygens (including phenoxy) is 2. The molecule has 0 fully saturated rings. The third-order valence-corrected chi connectivity index (χ3v) is 3.88. The van der Waals surface area contributed by atoms with Gasteiger partial charge in [-0.1, -0.05) is 13.8 Å². The molecule has 0 aliphatic heterocycles. The predicted molar refractivity (Wildman–Crippen MR) is 85.3 cm³/mol. The van der Waals surface area contributed by atoms with Gasteiger partial charge in [0.2, 0.25) is 0 Å². The number of carboxylic acids is 2. The first-order chi connectivity index (χ1) is 10.9. The Hall–Kier alpha value is -2.12. The number of esters is 2. The third-order valence-electron chi connectivity index (χ3n) is 3.88. The van der Waals surface area contributed by atoms with Gasteiger partial charge in [0, 0.05) is 12.8 Å². The lowest BCUT2D eigenvalue weighted by Gasteiger charge is -2.25. The summed E-state index contributed by atoms with van der Waals surface area (Å²) in [6, 6.07) is 0. The first kappa shape index (κ1) is 24.1. The number of carboxylic acid groups (broad SMARTS) is 2. The lowest BCUT2D eigenvalue weighted by atomic mass is 9.78. The summed E-state index contributed by atoms with van der Waals surface area (Å²) in [5.41, 5.74) is -0.974. The van der Waals surface area contributed by atoms with Crippen LogP contribution in [-0.4, -0.2) is 48.3 Å². The number of methoxy groups -OCH3 is 2. The molecule has 0 aliphatic carbocycles. The first-order valence-electron chi connectivity index (χ1n) is 7.49. The molecule has 2 N–H and O–H groups in total. The molecule has 0 aromatic heterocycles. The van der Waals surface area contributed by atoms with Crippen molar-refractivity contribution >= 4 is 23.9 Å². The lowest BCUT2D eigenvalue weighted by Crippen LogP contribution is -2.32. The first-order valence-corrected chi connectivity index (χ1v) is 7.49. The Morgan fingerprint density at radius 2 is 1.50 bits per heavy atom. The number of carbonyl (C=O) groups is 4. The van der Waals surface area contributed by atoms with Crippen LogP contribution in [0.4, 0.5) is 0 Å². The van der Waals surface area contributed by atoms with Gasteiger partial charge in [0.15, 0.2) is 0 Å². The van der Waals surface area contributed by atoms with Crippen LogP contribution in [0.1, 0.15) is 47.0 Å². The van der Waals surface area contributed by atoms with Crippen LogP contribution in [0.25, 0.3) is 0 Å². The van der Waals surface area contributed by atoms with Crippen molar-refractivity contribution in [3.63, 3.8) is 0 Å². The monoisotopic (exact) mass is 348 g/mol. The average Bonchev–Trinajstić information content (AvgIpc) is 2.50. The minimum absolute atomic E-state index is 0.112. The Kier molecular flexibility index (Phi) is 11.5. The molecule has 0 bridgehead atoms. The summed E-state index contributed by atoms with van der Waals surface area (Å²) in [5, 5.41) is 17.2. The molecule has 0 heterocycles. The summed E-state index contributed by atoms with van der Waals surface area (Å²) in [4.78, 5) is 42.4. The van der Waals surface area contributed by atoms with Gasteiger partial charge in [0.1, 0.15) is 0 Å². The van der Waals surface area contributed by atoms with Crippen molar-refractivity contribution in [2.75, 3.05) is 14.2 Å². The van der Waals surface area contributed by atoms with Crippen molar-refractivity contribution in [3.05, 3.63) is 0 Å². The zero-order valence-electron chi connectivity index (χ0n) is 15.1. The van der Waals surface area contributed by atoms with Crippen molar-refractivity contribution in [3.8, 4) is 0 Å². The third kappa shape index (κ3) is 9.81. The largest absolute Gasteiger partial charge is 0.481 e. The average molecular weight is 348 g/mol. The van der Waals surface area contributed by atoms with Crippen LogP contribution in [0, 0.1) is 17.3 Å². The zero-order chi connectivity index (χ0) is 19.5. The number of hydrogen-bond acceptors (Lipinski definition) is 6. The van der Waals surface area contributed by atoms with Gasteiger partial charge in [-0.05, 0) is 26.2 Å². The van der Waals surface area contributed by atoms with Gasteiger partial charge >= 0.3 is 23.9 Å². The van der Waals surface area contributed by atoms with Crippen molar-refractivity contribution in [1.82, 2.24) is 0 Å². The molecule has 2 unspecified atom stereocenters. The summed E-state index contributed by atoms with van der Waals surface area (Å²) >= 11 is 0. The van der Waals surface area contributed by atoms with Gasteiger partial charge in [0.05, 0.1) is 25.6 Å². The van der Waals surface area contributed by atoms with E-state index >= 15 is 0 Å². The SMILES string of the molecule is CC(CC(=O)O)C(C)(C)C(=O)O.COC(=O)CCC(C)C(=O)OC. The minimum Gasteiger partial charge on any atom is -0.481 e. The molecule has 24 heavy (non-hydrogen) atoms. The molecule has 0 radical (unpaired) electrons. The molecular formula is C16H28O8. The van der Waals surface area contributed by atoms with Crippen LogP contribution in [-0.2, 0) is 28.7 Å². The summed E-state index contributed by atoms with van der Waals surface area (Å²) in [6.45, 7) is 6.41. The van der Waals surface area contributed by atoms with Crippen LogP contribution >= 0.6 is 0 Å². The maximum atomic E-state index is 10.8. The topological polar surface area (TPSA) is 127 Å². The second-order valence-corrected chi connectivity index (χ2v) is 6.06. The molecule has 0 saturated carbocycles. The predicted octanol–water partition coefficient (Wildman–Crippen LogP) is 1.96. The van der Waals surface area contributed by atoms with Gasteiger partial charge in [-0.25, -0.2) is 0 Å². The quantitative estimate of drug-likeness (QED) is 0.637. The molecule has 8 heteroatoms. The highest BCUT2D eigenvalue weighted by atomic mass is 16.5. The van der Waals surface area contributed by atoms with E-state index in [9.17, 15) is 19.2 Å². The fraction of sp³-hybridized carbons (Fsp3) is 0.750.